The number of hydrogen-bond donors (Lipinski definition) is 2. The number of aromatic nitrogens is 1. The topological polar surface area (TPSA) is 72.9 Å². The van der Waals surface area contributed by atoms with Gasteiger partial charge in [-0.05, 0) is 38.3 Å². The van der Waals surface area contributed by atoms with Crippen molar-refractivity contribution < 1.29 is 4.79 Å². The van der Waals surface area contributed by atoms with Crippen LogP contribution in [0, 0.1) is 0 Å². The number of piperidine rings is 1. The van der Waals surface area contributed by atoms with Gasteiger partial charge in [0.05, 0.1) is 0 Å². The minimum Gasteiger partial charge on any atom is -0.356 e. The van der Waals surface area contributed by atoms with E-state index in [-0.39, 0.29) is 36.4 Å². The largest absolute Gasteiger partial charge is 0.356 e. The molecule has 7 nitrogen and oxygen atoms in total. The molecule has 0 aromatic carbocycles. The highest BCUT2D eigenvalue weighted by Gasteiger charge is 2.21. The maximum Gasteiger partial charge on any atom is 0.243 e. The van der Waals surface area contributed by atoms with Crippen LogP contribution in [-0.2, 0) is 4.79 Å². The van der Waals surface area contributed by atoms with Gasteiger partial charge in [0.25, 0.3) is 0 Å². The summed E-state index contributed by atoms with van der Waals surface area (Å²) >= 11 is 0. The molecule has 0 aliphatic carbocycles. The summed E-state index contributed by atoms with van der Waals surface area (Å²) in [6.45, 7) is 6.33. The zero-order chi connectivity index (χ0) is 18.9. The molecule has 1 unspecified atom stereocenters. The zero-order valence-electron chi connectivity index (χ0n) is 16.8. The zero-order valence-corrected chi connectivity index (χ0v) is 19.1. The first kappa shape index (κ1) is 23.5. The molecule has 1 aliphatic rings. The molecule has 2 rings (SSSR count). The lowest BCUT2D eigenvalue weighted by Gasteiger charge is -2.34. The van der Waals surface area contributed by atoms with Gasteiger partial charge in [0.15, 0.2) is 5.96 Å². The van der Waals surface area contributed by atoms with Gasteiger partial charge in [-0.3, -0.25) is 4.79 Å². The van der Waals surface area contributed by atoms with Gasteiger partial charge in [-0.1, -0.05) is 13.0 Å². The number of amides is 1. The number of pyridine rings is 1. The van der Waals surface area contributed by atoms with Gasteiger partial charge in [-0.2, -0.15) is 0 Å². The lowest BCUT2D eigenvalue weighted by Crippen LogP contribution is -2.50. The van der Waals surface area contributed by atoms with Crippen LogP contribution in [0.1, 0.15) is 33.1 Å². The van der Waals surface area contributed by atoms with Gasteiger partial charge >= 0.3 is 0 Å². The number of rotatable bonds is 6. The monoisotopic (exact) mass is 488 g/mol. The molecular weight excluding hydrogens is 455 g/mol. The van der Waals surface area contributed by atoms with Crippen LogP contribution in [0.2, 0.25) is 0 Å². The van der Waals surface area contributed by atoms with E-state index in [1.165, 1.54) is 0 Å². The van der Waals surface area contributed by atoms with Crippen LogP contribution in [0.25, 0.3) is 0 Å². The molecule has 1 amide bonds. The molecule has 1 aliphatic heterocycles. The number of carbonyl (C=O) groups excluding carboxylic acids is 1. The van der Waals surface area contributed by atoms with E-state index in [9.17, 15) is 4.79 Å². The Morgan fingerprint density at radius 1 is 1.37 bits per heavy atom. The molecule has 1 aromatic rings. The molecule has 2 N–H and O–H groups in total. The summed E-state index contributed by atoms with van der Waals surface area (Å²) in [4.78, 5) is 24.6. The summed E-state index contributed by atoms with van der Waals surface area (Å²) in [5, 5.41) is 6.90. The fraction of sp³-hybridized carbons (Fsp3) is 0.632. The number of anilines is 1. The standard InChI is InChI=1S/C19H32N6O.HI/c1-5-15(2)22-19(21-14-18(26)24(3)4)23-16-9-12-25(13-10-16)17-8-6-7-11-20-17;/h6-8,11,15-16H,5,9-10,12-14H2,1-4H3,(H2,21,22,23);1H. The van der Waals surface area contributed by atoms with Crippen molar-refractivity contribution in [1.29, 1.82) is 0 Å². The van der Waals surface area contributed by atoms with Crippen molar-refractivity contribution in [2.75, 3.05) is 38.6 Å². The van der Waals surface area contributed by atoms with E-state index in [2.05, 4.69) is 45.4 Å². The number of aliphatic imine (C=N–C) groups is 1. The number of guanidine groups is 1. The van der Waals surface area contributed by atoms with Crippen LogP contribution < -0.4 is 15.5 Å². The predicted molar refractivity (Wildman–Crippen MR) is 122 cm³/mol. The highest BCUT2D eigenvalue weighted by Crippen LogP contribution is 2.17. The molecule has 8 heteroatoms. The fourth-order valence-corrected chi connectivity index (χ4v) is 2.74. The first-order valence-electron chi connectivity index (χ1n) is 9.43. The molecule has 27 heavy (non-hydrogen) atoms. The first-order chi connectivity index (χ1) is 12.5. The van der Waals surface area contributed by atoms with E-state index in [0.29, 0.717) is 12.1 Å². The van der Waals surface area contributed by atoms with Crippen LogP contribution >= 0.6 is 24.0 Å². The summed E-state index contributed by atoms with van der Waals surface area (Å²) in [5.41, 5.74) is 0. The van der Waals surface area contributed by atoms with E-state index in [0.717, 1.165) is 44.1 Å². The molecule has 0 radical (unpaired) electrons. The second-order valence-corrected chi connectivity index (χ2v) is 7.00. The van der Waals surface area contributed by atoms with Gasteiger partial charge < -0.3 is 20.4 Å². The Morgan fingerprint density at radius 3 is 2.63 bits per heavy atom. The summed E-state index contributed by atoms with van der Waals surface area (Å²) in [6.07, 6.45) is 4.86. The third-order valence-electron chi connectivity index (χ3n) is 4.68. The third-order valence-corrected chi connectivity index (χ3v) is 4.68. The van der Waals surface area contributed by atoms with Crippen LogP contribution in [0.3, 0.4) is 0 Å². The molecular formula is C19H33IN6O. The second-order valence-electron chi connectivity index (χ2n) is 7.00. The van der Waals surface area contributed by atoms with Crippen molar-refractivity contribution in [2.45, 2.75) is 45.2 Å². The Labute approximate surface area is 180 Å². The Hall–Kier alpha value is -1.58. The Kier molecular flexibility index (Phi) is 10.4. The second kappa shape index (κ2) is 12.0. The third kappa shape index (κ3) is 7.90. The Morgan fingerprint density at radius 2 is 2.07 bits per heavy atom. The summed E-state index contributed by atoms with van der Waals surface area (Å²) < 4.78 is 0. The molecule has 0 spiro atoms. The average molecular weight is 488 g/mol. The van der Waals surface area contributed by atoms with Crippen LogP contribution in [0.4, 0.5) is 5.82 Å². The molecule has 1 atom stereocenters. The van der Waals surface area contributed by atoms with Gasteiger partial charge in [-0.15, -0.1) is 24.0 Å². The summed E-state index contributed by atoms with van der Waals surface area (Å²) in [6, 6.07) is 6.67. The minimum atomic E-state index is 0. The quantitative estimate of drug-likeness (QED) is 0.365. The van der Waals surface area contributed by atoms with E-state index >= 15 is 0 Å². The minimum absolute atomic E-state index is 0. The maximum absolute atomic E-state index is 11.8. The average Bonchev–Trinajstić information content (AvgIpc) is 2.66. The van der Waals surface area contributed by atoms with Gasteiger partial charge in [-0.25, -0.2) is 9.98 Å². The summed E-state index contributed by atoms with van der Waals surface area (Å²) in [7, 11) is 3.50. The van der Waals surface area contributed by atoms with Gasteiger partial charge in [0, 0.05) is 45.5 Å². The first-order valence-corrected chi connectivity index (χ1v) is 9.43. The van der Waals surface area contributed by atoms with Crippen molar-refractivity contribution in [3.8, 4) is 0 Å². The number of nitrogens with one attached hydrogen (secondary N) is 2. The van der Waals surface area contributed by atoms with Gasteiger partial charge in [0.1, 0.15) is 12.4 Å². The molecule has 1 fully saturated rings. The molecule has 0 saturated carbocycles. The van der Waals surface area contributed by atoms with E-state index in [1.54, 1.807) is 19.0 Å². The van der Waals surface area contributed by atoms with Crippen LogP contribution in [0.15, 0.2) is 29.4 Å². The SMILES string of the molecule is CCC(C)NC(=NCC(=O)N(C)C)NC1CCN(c2ccccn2)CC1.I. The van der Waals surface area contributed by atoms with Crippen molar-refractivity contribution in [2.24, 2.45) is 4.99 Å². The van der Waals surface area contributed by atoms with Crippen molar-refractivity contribution in [3.63, 3.8) is 0 Å². The lowest BCUT2D eigenvalue weighted by atomic mass is 10.1. The molecule has 1 saturated heterocycles. The van der Waals surface area contributed by atoms with Crippen molar-refractivity contribution in [3.05, 3.63) is 24.4 Å². The number of halogens is 1. The number of nitrogens with zero attached hydrogens (tertiary/aromatic N) is 4. The maximum atomic E-state index is 11.8. The molecule has 0 bridgehead atoms. The van der Waals surface area contributed by atoms with Gasteiger partial charge in [0.2, 0.25) is 5.91 Å². The highest BCUT2D eigenvalue weighted by molar-refractivity contribution is 14.0. The summed E-state index contributed by atoms with van der Waals surface area (Å²) in [5.74, 6) is 1.76. The van der Waals surface area contributed by atoms with Crippen molar-refractivity contribution >= 4 is 41.7 Å². The Balaban J connectivity index is 0.00000364. The predicted octanol–water partition coefficient (Wildman–Crippen LogP) is 2.09. The number of likely N-dealkylation sites (N-methyl/N-ethyl adjacent to an activating group) is 1. The lowest BCUT2D eigenvalue weighted by molar-refractivity contribution is -0.127. The number of hydrogen-bond acceptors (Lipinski definition) is 4. The van der Waals surface area contributed by atoms with Crippen molar-refractivity contribution in [1.82, 2.24) is 20.5 Å². The molecule has 152 valence electrons. The van der Waals surface area contributed by atoms with Crippen LogP contribution in [0.5, 0.6) is 0 Å². The van der Waals surface area contributed by atoms with E-state index in [4.69, 9.17) is 0 Å². The van der Waals surface area contributed by atoms with E-state index in [1.807, 2.05) is 18.3 Å². The molecule has 2 heterocycles. The normalized spacial score (nSPS) is 16.3. The van der Waals surface area contributed by atoms with E-state index < -0.39 is 0 Å². The number of carbonyl (C=O) groups is 1. The highest BCUT2D eigenvalue weighted by atomic mass is 127. The smallest absolute Gasteiger partial charge is 0.243 e. The Bertz CT molecular complexity index is 587. The fourth-order valence-electron chi connectivity index (χ4n) is 2.74. The molecule has 1 aromatic heterocycles. The van der Waals surface area contributed by atoms with Crippen LogP contribution in [-0.4, -0.2) is 67.6 Å².